The van der Waals surface area contributed by atoms with Crippen molar-refractivity contribution in [2.75, 3.05) is 26.3 Å². The van der Waals surface area contributed by atoms with Crippen molar-refractivity contribution in [2.45, 2.75) is 38.4 Å². The van der Waals surface area contributed by atoms with E-state index in [1.165, 1.54) is 0 Å². The number of halogens is 2. The van der Waals surface area contributed by atoms with Gasteiger partial charge in [-0.3, -0.25) is 0 Å². The molecule has 1 amide bonds. The smallest absolute Gasteiger partial charge is 0.410 e. The highest BCUT2D eigenvalue weighted by atomic mass is 35.5. The Morgan fingerprint density at radius 3 is 2.67 bits per heavy atom. The molecular formula is C17H23Cl2NO4. The molecule has 1 aromatic rings. The molecule has 134 valence electrons. The fraction of sp³-hybridized carbons (Fsp3) is 0.588. The van der Waals surface area contributed by atoms with Crippen LogP contribution in [0.25, 0.3) is 0 Å². The van der Waals surface area contributed by atoms with E-state index in [2.05, 4.69) is 0 Å². The maximum absolute atomic E-state index is 12.4. The summed E-state index contributed by atoms with van der Waals surface area (Å²) >= 11 is 12.1. The molecule has 7 heteroatoms. The Morgan fingerprint density at radius 2 is 2.08 bits per heavy atom. The van der Waals surface area contributed by atoms with Crippen LogP contribution in [0, 0.1) is 0 Å². The van der Waals surface area contributed by atoms with Crippen LogP contribution < -0.4 is 0 Å². The van der Waals surface area contributed by atoms with Crippen LogP contribution in [0.15, 0.2) is 18.2 Å². The highest BCUT2D eigenvalue weighted by Crippen LogP contribution is 2.31. The summed E-state index contributed by atoms with van der Waals surface area (Å²) in [5.41, 5.74) is 0.290. The predicted octanol–water partition coefficient (Wildman–Crippen LogP) is 3.71. The molecule has 0 spiro atoms. The maximum Gasteiger partial charge on any atom is 0.410 e. The number of hydrogen-bond acceptors (Lipinski definition) is 4. The lowest BCUT2D eigenvalue weighted by Gasteiger charge is -2.29. The van der Waals surface area contributed by atoms with Gasteiger partial charge in [-0.1, -0.05) is 29.3 Å². The van der Waals surface area contributed by atoms with E-state index in [4.69, 9.17) is 32.7 Å². The molecule has 0 aliphatic carbocycles. The summed E-state index contributed by atoms with van der Waals surface area (Å²) in [5.74, 6) is -0.222. The zero-order valence-corrected chi connectivity index (χ0v) is 15.6. The Balaban J connectivity index is 2.24. The molecule has 1 heterocycles. The lowest BCUT2D eigenvalue weighted by Crippen LogP contribution is -2.40. The van der Waals surface area contributed by atoms with Gasteiger partial charge in [0.05, 0.1) is 29.4 Å². The minimum Gasteiger partial charge on any atom is -0.444 e. The van der Waals surface area contributed by atoms with E-state index >= 15 is 0 Å². The third-order valence-electron chi connectivity index (χ3n) is 3.76. The van der Waals surface area contributed by atoms with Crippen LogP contribution in [0.5, 0.6) is 0 Å². The number of aliphatic hydroxyl groups is 1. The van der Waals surface area contributed by atoms with Gasteiger partial charge in [0, 0.05) is 19.0 Å². The minimum atomic E-state index is -0.570. The minimum absolute atomic E-state index is 0.146. The first-order valence-corrected chi connectivity index (χ1v) is 8.62. The van der Waals surface area contributed by atoms with Crippen molar-refractivity contribution in [1.29, 1.82) is 0 Å². The first-order valence-electron chi connectivity index (χ1n) is 7.86. The van der Waals surface area contributed by atoms with Gasteiger partial charge < -0.3 is 19.5 Å². The second-order valence-electron chi connectivity index (χ2n) is 6.80. The molecule has 0 saturated carbocycles. The number of hydrogen-bond donors (Lipinski definition) is 1. The fourth-order valence-corrected chi connectivity index (χ4v) is 2.92. The van der Waals surface area contributed by atoms with Gasteiger partial charge in [-0.05, 0) is 38.5 Å². The molecule has 0 radical (unpaired) electrons. The summed E-state index contributed by atoms with van der Waals surface area (Å²) in [6.07, 6.45) is -0.815. The maximum atomic E-state index is 12.4. The molecule has 1 fully saturated rings. The normalized spacial score (nSPS) is 22.2. The number of carbonyl (C=O) groups is 1. The Kier molecular flexibility index (Phi) is 6.37. The quantitative estimate of drug-likeness (QED) is 0.855. The Bertz CT molecular complexity index is 588. The highest BCUT2D eigenvalue weighted by Gasteiger charge is 2.33. The topological polar surface area (TPSA) is 59.0 Å². The summed E-state index contributed by atoms with van der Waals surface area (Å²) in [6, 6.07) is 5.29. The summed E-state index contributed by atoms with van der Waals surface area (Å²) < 4.78 is 11.2. The number of aliphatic hydroxyl groups excluding tert-OH is 1. The monoisotopic (exact) mass is 375 g/mol. The van der Waals surface area contributed by atoms with Gasteiger partial charge in [-0.2, -0.15) is 0 Å². The Hall–Kier alpha value is -1.01. The van der Waals surface area contributed by atoms with Gasteiger partial charge in [-0.15, -0.1) is 0 Å². The summed E-state index contributed by atoms with van der Waals surface area (Å²) in [7, 11) is 0. The Labute approximate surface area is 152 Å². The van der Waals surface area contributed by atoms with Crippen LogP contribution in [-0.4, -0.2) is 54.1 Å². The van der Waals surface area contributed by atoms with Crippen molar-refractivity contribution in [3.63, 3.8) is 0 Å². The van der Waals surface area contributed by atoms with Gasteiger partial charge in [0.25, 0.3) is 0 Å². The van der Waals surface area contributed by atoms with Crippen molar-refractivity contribution >= 4 is 29.3 Å². The molecule has 24 heavy (non-hydrogen) atoms. The zero-order chi connectivity index (χ0) is 17.9. The van der Waals surface area contributed by atoms with Gasteiger partial charge in [0.1, 0.15) is 5.60 Å². The van der Waals surface area contributed by atoms with E-state index in [-0.39, 0.29) is 12.5 Å². The van der Waals surface area contributed by atoms with E-state index in [0.717, 1.165) is 5.56 Å². The molecule has 1 saturated heterocycles. The molecule has 0 unspecified atom stereocenters. The molecule has 5 nitrogen and oxygen atoms in total. The molecule has 0 aromatic heterocycles. The van der Waals surface area contributed by atoms with Crippen molar-refractivity contribution in [3.8, 4) is 0 Å². The average Bonchev–Trinajstić information content (AvgIpc) is 2.70. The lowest BCUT2D eigenvalue weighted by atomic mass is 9.93. The molecular weight excluding hydrogens is 353 g/mol. The highest BCUT2D eigenvalue weighted by molar-refractivity contribution is 6.42. The third-order valence-corrected chi connectivity index (χ3v) is 4.50. The summed E-state index contributed by atoms with van der Waals surface area (Å²) in [6.45, 7) is 6.45. The Morgan fingerprint density at radius 1 is 1.38 bits per heavy atom. The zero-order valence-electron chi connectivity index (χ0n) is 14.1. The largest absolute Gasteiger partial charge is 0.444 e. The first-order chi connectivity index (χ1) is 11.2. The average molecular weight is 376 g/mol. The number of carbonyl (C=O) groups excluding carboxylic acids is 1. The van der Waals surface area contributed by atoms with Crippen LogP contribution >= 0.6 is 23.2 Å². The van der Waals surface area contributed by atoms with E-state index in [0.29, 0.717) is 29.7 Å². The van der Waals surface area contributed by atoms with Crippen LogP contribution in [0.4, 0.5) is 4.79 Å². The molecule has 2 atom stereocenters. The van der Waals surface area contributed by atoms with Gasteiger partial charge in [0.2, 0.25) is 0 Å². The summed E-state index contributed by atoms with van der Waals surface area (Å²) in [4.78, 5) is 14.0. The molecule has 1 aliphatic rings. The van der Waals surface area contributed by atoms with Crippen LogP contribution in [0.3, 0.4) is 0 Å². The predicted molar refractivity (Wildman–Crippen MR) is 93.8 cm³/mol. The molecule has 1 aromatic carbocycles. The van der Waals surface area contributed by atoms with Gasteiger partial charge >= 0.3 is 6.09 Å². The fourth-order valence-electron chi connectivity index (χ4n) is 2.61. The van der Waals surface area contributed by atoms with Crippen molar-refractivity contribution < 1.29 is 19.4 Å². The lowest BCUT2D eigenvalue weighted by molar-refractivity contribution is 0.00926. The number of nitrogens with zero attached hydrogens (tertiary/aromatic N) is 1. The van der Waals surface area contributed by atoms with Gasteiger partial charge in [0.15, 0.2) is 0 Å². The molecule has 2 rings (SSSR count). The summed E-state index contributed by atoms with van der Waals surface area (Å²) in [5, 5.41) is 10.6. The first kappa shape index (κ1) is 19.3. The second kappa shape index (κ2) is 7.91. The molecule has 1 N–H and O–H groups in total. The van der Waals surface area contributed by atoms with Crippen molar-refractivity contribution in [2.24, 2.45) is 0 Å². The number of ether oxygens (including phenoxy) is 2. The van der Waals surface area contributed by atoms with Crippen LogP contribution in [0.2, 0.25) is 10.0 Å². The number of amides is 1. The van der Waals surface area contributed by atoms with Crippen molar-refractivity contribution in [3.05, 3.63) is 33.8 Å². The number of rotatable bonds is 2. The molecule has 1 aliphatic heterocycles. The molecule has 0 bridgehead atoms. The third kappa shape index (κ3) is 4.99. The van der Waals surface area contributed by atoms with Crippen LogP contribution in [-0.2, 0) is 9.47 Å². The van der Waals surface area contributed by atoms with E-state index in [1.807, 2.05) is 26.8 Å². The second-order valence-corrected chi connectivity index (χ2v) is 7.61. The van der Waals surface area contributed by atoms with E-state index in [9.17, 15) is 9.90 Å². The van der Waals surface area contributed by atoms with E-state index < -0.39 is 17.8 Å². The van der Waals surface area contributed by atoms with Crippen LogP contribution in [0.1, 0.15) is 32.3 Å². The van der Waals surface area contributed by atoms with Crippen molar-refractivity contribution in [1.82, 2.24) is 4.90 Å². The van der Waals surface area contributed by atoms with Gasteiger partial charge in [-0.25, -0.2) is 4.79 Å². The van der Waals surface area contributed by atoms with E-state index in [1.54, 1.807) is 17.0 Å². The number of benzene rings is 1. The standard InChI is InChI=1S/C17H23Cl2NO4/c1-17(2,3)24-16(22)20-6-7-23-15(10-21)12(9-20)11-4-5-13(18)14(19)8-11/h4-5,8,12,15,21H,6-7,9-10H2,1-3H3/t12-,15+/m1/s1. The SMILES string of the molecule is CC(C)(C)OC(=O)N1CCO[C@@H](CO)[C@@H](c2ccc(Cl)c(Cl)c2)C1.